The fourth-order valence-electron chi connectivity index (χ4n) is 2.82. The van der Waals surface area contributed by atoms with E-state index in [-0.39, 0.29) is 5.91 Å². The Labute approximate surface area is 108 Å². The predicted octanol–water partition coefficient (Wildman–Crippen LogP) is 1.71. The molecule has 96 valence electrons. The molecule has 3 nitrogen and oxygen atoms in total. The Balaban J connectivity index is 1.65. The number of nitrogens with one attached hydrogen (secondary N) is 1. The van der Waals surface area contributed by atoms with E-state index < -0.39 is 5.54 Å². The average molecular weight is 244 g/mol. The van der Waals surface area contributed by atoms with Crippen LogP contribution < -0.4 is 11.1 Å². The van der Waals surface area contributed by atoms with Gasteiger partial charge in [0.25, 0.3) is 0 Å². The third-order valence-electron chi connectivity index (χ3n) is 4.24. The molecule has 0 bridgehead atoms. The van der Waals surface area contributed by atoms with Crippen LogP contribution in [0.4, 0.5) is 0 Å². The first kappa shape index (κ1) is 11.7. The van der Waals surface area contributed by atoms with Gasteiger partial charge >= 0.3 is 0 Å². The minimum absolute atomic E-state index is 0.0329. The Bertz CT molecular complexity index is 465. The molecule has 1 saturated carbocycles. The van der Waals surface area contributed by atoms with Gasteiger partial charge in [0.2, 0.25) is 5.91 Å². The van der Waals surface area contributed by atoms with Crippen LogP contribution in [-0.4, -0.2) is 18.0 Å². The molecule has 0 aromatic heterocycles. The Morgan fingerprint density at radius 2 is 2.17 bits per heavy atom. The molecule has 0 spiro atoms. The van der Waals surface area contributed by atoms with E-state index in [2.05, 4.69) is 29.6 Å². The van der Waals surface area contributed by atoms with Gasteiger partial charge < -0.3 is 11.1 Å². The van der Waals surface area contributed by atoms with Crippen LogP contribution in [0.15, 0.2) is 24.3 Å². The average Bonchev–Trinajstić information content (AvgIpc) is 3.15. The summed E-state index contributed by atoms with van der Waals surface area (Å²) in [6, 6.07) is 8.58. The van der Waals surface area contributed by atoms with Crippen molar-refractivity contribution < 1.29 is 4.79 Å². The number of rotatable bonds is 3. The van der Waals surface area contributed by atoms with Crippen molar-refractivity contribution >= 4 is 5.91 Å². The van der Waals surface area contributed by atoms with Crippen LogP contribution in [0.5, 0.6) is 0 Å². The van der Waals surface area contributed by atoms with E-state index in [9.17, 15) is 4.79 Å². The third-order valence-corrected chi connectivity index (χ3v) is 4.24. The van der Waals surface area contributed by atoms with Gasteiger partial charge in [0.05, 0.1) is 5.54 Å². The van der Waals surface area contributed by atoms with Crippen molar-refractivity contribution in [1.82, 2.24) is 5.32 Å². The quantitative estimate of drug-likeness (QED) is 0.850. The summed E-state index contributed by atoms with van der Waals surface area (Å²) in [5, 5.41) is 3.03. The molecular formula is C15H20N2O. The molecule has 1 aromatic rings. The lowest BCUT2D eigenvalue weighted by Gasteiger charge is -2.26. The minimum atomic E-state index is -0.547. The summed E-state index contributed by atoms with van der Waals surface area (Å²) >= 11 is 0. The first-order valence-electron chi connectivity index (χ1n) is 6.84. The molecule has 0 heterocycles. The van der Waals surface area contributed by atoms with E-state index in [0.717, 1.165) is 25.8 Å². The zero-order valence-corrected chi connectivity index (χ0v) is 10.6. The molecule has 3 heteroatoms. The molecule has 1 unspecified atom stereocenters. The van der Waals surface area contributed by atoms with Crippen molar-refractivity contribution in [2.24, 2.45) is 5.73 Å². The molecule has 1 fully saturated rings. The van der Waals surface area contributed by atoms with Gasteiger partial charge in [-0.05, 0) is 43.2 Å². The lowest BCUT2D eigenvalue weighted by molar-refractivity contribution is -0.123. The van der Waals surface area contributed by atoms with Crippen molar-refractivity contribution in [2.45, 2.75) is 43.6 Å². The smallest absolute Gasteiger partial charge is 0.240 e. The normalized spacial score (nSPS) is 24.2. The van der Waals surface area contributed by atoms with Crippen molar-refractivity contribution in [2.75, 3.05) is 6.54 Å². The Kier molecular flexibility index (Phi) is 2.86. The number of nitrogens with two attached hydrogens (primary N) is 1. The predicted molar refractivity (Wildman–Crippen MR) is 71.3 cm³/mol. The van der Waals surface area contributed by atoms with Crippen LogP contribution in [0.25, 0.3) is 0 Å². The van der Waals surface area contributed by atoms with Gasteiger partial charge in [0.1, 0.15) is 0 Å². The number of amides is 1. The Morgan fingerprint density at radius 3 is 2.94 bits per heavy atom. The van der Waals surface area contributed by atoms with Gasteiger partial charge in [-0.1, -0.05) is 24.3 Å². The van der Waals surface area contributed by atoms with Gasteiger partial charge in [0.15, 0.2) is 0 Å². The van der Waals surface area contributed by atoms with Crippen LogP contribution in [0.1, 0.15) is 42.7 Å². The van der Waals surface area contributed by atoms with Crippen molar-refractivity contribution in [3.8, 4) is 0 Å². The monoisotopic (exact) mass is 244 g/mol. The summed E-state index contributed by atoms with van der Waals surface area (Å²) in [6.07, 6.45) is 5.21. The maximum Gasteiger partial charge on any atom is 0.240 e. The molecule has 0 radical (unpaired) electrons. The summed E-state index contributed by atoms with van der Waals surface area (Å²) in [6.45, 7) is 0.731. The number of fused-ring (bicyclic) bond motifs is 1. The lowest BCUT2D eigenvalue weighted by Crippen LogP contribution is -2.44. The van der Waals surface area contributed by atoms with Crippen molar-refractivity contribution in [1.29, 1.82) is 0 Å². The molecule has 18 heavy (non-hydrogen) atoms. The molecule has 1 amide bonds. The molecule has 2 aliphatic carbocycles. The first-order chi connectivity index (χ1) is 8.69. The van der Waals surface area contributed by atoms with Crippen LogP contribution >= 0.6 is 0 Å². The van der Waals surface area contributed by atoms with Gasteiger partial charge in [0, 0.05) is 12.5 Å². The molecule has 3 N–H and O–H groups in total. The van der Waals surface area contributed by atoms with Crippen molar-refractivity contribution in [3.63, 3.8) is 0 Å². The van der Waals surface area contributed by atoms with E-state index in [0.29, 0.717) is 5.92 Å². The van der Waals surface area contributed by atoms with Crippen molar-refractivity contribution in [3.05, 3.63) is 35.4 Å². The highest BCUT2D eigenvalue weighted by Crippen LogP contribution is 2.33. The van der Waals surface area contributed by atoms with E-state index in [1.807, 2.05) is 0 Å². The van der Waals surface area contributed by atoms with Crippen LogP contribution in [0.2, 0.25) is 0 Å². The number of aryl methyl sites for hydroxylation is 1. The second-order valence-electron chi connectivity index (χ2n) is 5.65. The van der Waals surface area contributed by atoms with E-state index in [4.69, 9.17) is 5.73 Å². The standard InChI is InChI=1S/C15H20N2O/c16-15(8-9-15)14(18)17-10-12-6-3-5-11-4-1-2-7-13(11)12/h1-2,4,7,12H,3,5-6,8-10,16H2,(H,17,18). The number of hydrogen-bond acceptors (Lipinski definition) is 2. The maximum atomic E-state index is 11.8. The summed E-state index contributed by atoms with van der Waals surface area (Å²) in [5.74, 6) is 0.492. The lowest BCUT2D eigenvalue weighted by atomic mass is 9.83. The van der Waals surface area contributed by atoms with E-state index >= 15 is 0 Å². The third kappa shape index (κ3) is 2.15. The number of carbonyl (C=O) groups is 1. The molecule has 0 saturated heterocycles. The highest BCUT2D eigenvalue weighted by molar-refractivity contribution is 5.89. The summed E-state index contributed by atoms with van der Waals surface area (Å²) in [5.41, 5.74) is 8.19. The Hall–Kier alpha value is -1.35. The van der Waals surface area contributed by atoms with Crippen LogP contribution in [0, 0.1) is 0 Å². The largest absolute Gasteiger partial charge is 0.354 e. The summed E-state index contributed by atoms with van der Waals surface area (Å²) in [4.78, 5) is 11.8. The number of benzene rings is 1. The van der Waals surface area contributed by atoms with Crippen LogP contribution in [0.3, 0.4) is 0 Å². The first-order valence-corrected chi connectivity index (χ1v) is 6.84. The maximum absolute atomic E-state index is 11.8. The summed E-state index contributed by atoms with van der Waals surface area (Å²) in [7, 11) is 0. The van der Waals surface area contributed by atoms with Gasteiger partial charge in [-0.15, -0.1) is 0 Å². The van der Waals surface area contributed by atoms with Gasteiger partial charge in [-0.3, -0.25) is 4.79 Å². The molecule has 2 aliphatic rings. The topological polar surface area (TPSA) is 55.1 Å². The molecule has 1 aromatic carbocycles. The fraction of sp³-hybridized carbons (Fsp3) is 0.533. The molecule has 1 atom stereocenters. The zero-order valence-electron chi connectivity index (χ0n) is 10.6. The van der Waals surface area contributed by atoms with E-state index in [1.54, 1.807) is 0 Å². The van der Waals surface area contributed by atoms with Crippen LogP contribution in [-0.2, 0) is 11.2 Å². The summed E-state index contributed by atoms with van der Waals surface area (Å²) < 4.78 is 0. The molecular weight excluding hydrogens is 224 g/mol. The van der Waals surface area contributed by atoms with Gasteiger partial charge in [-0.2, -0.15) is 0 Å². The number of hydrogen-bond donors (Lipinski definition) is 2. The Morgan fingerprint density at radius 1 is 1.39 bits per heavy atom. The SMILES string of the molecule is NC1(C(=O)NCC2CCCc3ccccc32)CC1. The second-order valence-corrected chi connectivity index (χ2v) is 5.65. The second kappa shape index (κ2) is 4.39. The van der Waals surface area contributed by atoms with E-state index in [1.165, 1.54) is 24.0 Å². The number of carbonyl (C=O) groups excluding carboxylic acids is 1. The van der Waals surface area contributed by atoms with Gasteiger partial charge in [-0.25, -0.2) is 0 Å². The highest BCUT2D eigenvalue weighted by atomic mass is 16.2. The highest BCUT2D eigenvalue weighted by Gasteiger charge is 2.45. The zero-order chi connectivity index (χ0) is 12.6. The molecule has 3 rings (SSSR count). The fourth-order valence-corrected chi connectivity index (χ4v) is 2.82. The molecule has 0 aliphatic heterocycles. The minimum Gasteiger partial charge on any atom is -0.354 e.